The minimum absolute atomic E-state index is 0.472. The molecule has 0 bridgehead atoms. The van der Waals surface area contributed by atoms with Gasteiger partial charge in [-0.2, -0.15) is 0 Å². The maximum absolute atomic E-state index is 5.12. The molecule has 3 aromatic rings. The molecule has 0 amide bonds. The van der Waals surface area contributed by atoms with Crippen LogP contribution in [0.25, 0.3) is 11.3 Å². The number of aromatic nitrogens is 4. The van der Waals surface area contributed by atoms with Gasteiger partial charge in [-0.15, -0.1) is 0 Å². The first-order valence-corrected chi connectivity index (χ1v) is 9.76. The highest BCUT2D eigenvalue weighted by Gasteiger charge is 2.21. The zero-order valence-corrected chi connectivity index (χ0v) is 16.6. The fraction of sp³-hybridized carbons (Fsp3) is 0.429. The van der Waals surface area contributed by atoms with Gasteiger partial charge in [-0.05, 0) is 51.8 Å². The number of nitrogens with zero attached hydrogens (tertiary/aromatic N) is 5. The number of rotatable bonds is 5. The minimum atomic E-state index is 0.472. The van der Waals surface area contributed by atoms with Crippen molar-refractivity contribution in [1.29, 1.82) is 0 Å². The number of aryl methyl sites for hydroxylation is 3. The molecule has 1 saturated heterocycles. The van der Waals surface area contributed by atoms with Crippen molar-refractivity contribution in [1.82, 2.24) is 25.4 Å². The first-order chi connectivity index (χ1) is 13.6. The summed E-state index contributed by atoms with van der Waals surface area (Å²) in [5.41, 5.74) is 4.96. The van der Waals surface area contributed by atoms with Crippen molar-refractivity contribution in [2.45, 2.75) is 46.2 Å². The van der Waals surface area contributed by atoms with E-state index in [-0.39, 0.29) is 0 Å². The van der Waals surface area contributed by atoms with E-state index in [2.05, 4.69) is 31.4 Å². The van der Waals surface area contributed by atoms with Crippen LogP contribution in [-0.4, -0.2) is 39.2 Å². The Morgan fingerprint density at radius 1 is 1.11 bits per heavy atom. The fourth-order valence-electron chi connectivity index (χ4n) is 3.64. The second-order valence-corrected chi connectivity index (χ2v) is 7.40. The Kier molecular flexibility index (Phi) is 5.34. The molecule has 7 nitrogen and oxygen atoms in total. The van der Waals surface area contributed by atoms with Crippen molar-refractivity contribution in [3.8, 4) is 11.3 Å². The summed E-state index contributed by atoms with van der Waals surface area (Å²) in [6, 6.07) is 8.52. The van der Waals surface area contributed by atoms with Crippen LogP contribution in [0.1, 0.15) is 35.7 Å². The lowest BCUT2D eigenvalue weighted by molar-refractivity contribution is 0.375. The molecule has 0 spiro atoms. The summed E-state index contributed by atoms with van der Waals surface area (Å²) in [5.74, 6) is 1.64. The molecular weight excluding hydrogens is 352 g/mol. The molecule has 0 radical (unpaired) electrons. The fourth-order valence-corrected chi connectivity index (χ4v) is 3.64. The van der Waals surface area contributed by atoms with Gasteiger partial charge in [-0.1, -0.05) is 5.16 Å². The van der Waals surface area contributed by atoms with Crippen LogP contribution in [0.3, 0.4) is 0 Å². The smallest absolute Gasteiger partial charge is 0.225 e. The van der Waals surface area contributed by atoms with Crippen molar-refractivity contribution >= 4 is 5.95 Å². The van der Waals surface area contributed by atoms with Crippen molar-refractivity contribution in [3.05, 3.63) is 53.3 Å². The third-order valence-corrected chi connectivity index (χ3v) is 5.17. The van der Waals surface area contributed by atoms with E-state index in [0.717, 1.165) is 72.5 Å². The summed E-state index contributed by atoms with van der Waals surface area (Å²) in [4.78, 5) is 16.1. The van der Waals surface area contributed by atoms with E-state index in [0.29, 0.717) is 6.04 Å². The van der Waals surface area contributed by atoms with Crippen molar-refractivity contribution in [2.75, 3.05) is 18.0 Å². The second kappa shape index (κ2) is 8.06. The van der Waals surface area contributed by atoms with Crippen LogP contribution in [0.2, 0.25) is 0 Å². The highest BCUT2D eigenvalue weighted by Crippen LogP contribution is 2.23. The molecule has 146 valence electrons. The third-order valence-electron chi connectivity index (χ3n) is 5.17. The summed E-state index contributed by atoms with van der Waals surface area (Å²) in [5, 5.41) is 7.62. The van der Waals surface area contributed by atoms with Gasteiger partial charge < -0.3 is 14.7 Å². The number of anilines is 1. The van der Waals surface area contributed by atoms with Crippen molar-refractivity contribution in [3.63, 3.8) is 0 Å². The maximum atomic E-state index is 5.12. The van der Waals surface area contributed by atoms with Crippen LogP contribution in [0, 0.1) is 20.8 Å². The molecule has 28 heavy (non-hydrogen) atoms. The zero-order valence-electron chi connectivity index (χ0n) is 16.6. The van der Waals surface area contributed by atoms with Crippen LogP contribution < -0.4 is 10.2 Å². The summed E-state index contributed by atoms with van der Waals surface area (Å²) in [7, 11) is 0. The normalized spacial score (nSPS) is 15.2. The molecule has 4 rings (SSSR count). The Balaban J connectivity index is 1.38. The number of hydrogen-bond donors (Lipinski definition) is 1. The van der Waals surface area contributed by atoms with Gasteiger partial charge in [-0.25, -0.2) is 9.97 Å². The van der Waals surface area contributed by atoms with Gasteiger partial charge in [0.1, 0.15) is 5.76 Å². The SMILES string of the molecule is Cc1ccc(-c2ccnc(N3CCC(NCc4cc(C)on4)CC3)n2)c(C)n1. The Hall–Kier alpha value is -2.80. The minimum Gasteiger partial charge on any atom is -0.361 e. The highest BCUT2D eigenvalue weighted by molar-refractivity contribution is 5.62. The lowest BCUT2D eigenvalue weighted by atomic mass is 10.1. The summed E-state index contributed by atoms with van der Waals surface area (Å²) < 4.78 is 5.12. The summed E-state index contributed by atoms with van der Waals surface area (Å²) in [6.45, 7) is 8.56. The number of pyridine rings is 1. The molecule has 0 aromatic carbocycles. The molecule has 1 aliphatic rings. The molecule has 0 atom stereocenters. The van der Waals surface area contributed by atoms with Crippen LogP contribution >= 0.6 is 0 Å². The second-order valence-electron chi connectivity index (χ2n) is 7.40. The van der Waals surface area contributed by atoms with Gasteiger partial charge in [0.05, 0.1) is 11.4 Å². The molecule has 7 heteroatoms. The van der Waals surface area contributed by atoms with Crippen LogP contribution in [-0.2, 0) is 6.54 Å². The van der Waals surface area contributed by atoms with Gasteiger partial charge in [0.2, 0.25) is 5.95 Å². The van der Waals surface area contributed by atoms with E-state index in [1.54, 1.807) is 0 Å². The summed E-state index contributed by atoms with van der Waals surface area (Å²) in [6.07, 6.45) is 3.94. The van der Waals surface area contributed by atoms with Gasteiger partial charge in [-0.3, -0.25) is 4.98 Å². The predicted octanol–water partition coefficient (Wildman–Crippen LogP) is 3.21. The van der Waals surface area contributed by atoms with Crippen LogP contribution in [0.5, 0.6) is 0 Å². The van der Waals surface area contributed by atoms with E-state index in [1.807, 2.05) is 45.2 Å². The quantitative estimate of drug-likeness (QED) is 0.730. The average molecular weight is 378 g/mol. The first-order valence-electron chi connectivity index (χ1n) is 9.76. The molecular formula is C21H26N6O. The van der Waals surface area contributed by atoms with Crippen LogP contribution in [0.15, 0.2) is 35.0 Å². The molecule has 4 heterocycles. The van der Waals surface area contributed by atoms with Gasteiger partial charge >= 0.3 is 0 Å². The number of nitrogens with one attached hydrogen (secondary N) is 1. The molecule has 0 aliphatic carbocycles. The van der Waals surface area contributed by atoms with E-state index in [9.17, 15) is 0 Å². The van der Waals surface area contributed by atoms with E-state index < -0.39 is 0 Å². The largest absolute Gasteiger partial charge is 0.361 e. The van der Waals surface area contributed by atoms with Crippen molar-refractivity contribution < 1.29 is 4.52 Å². The molecule has 0 saturated carbocycles. The lowest BCUT2D eigenvalue weighted by Crippen LogP contribution is -2.43. The Morgan fingerprint density at radius 3 is 2.64 bits per heavy atom. The molecule has 1 aliphatic heterocycles. The molecule has 1 N–H and O–H groups in total. The van der Waals surface area contributed by atoms with Crippen LogP contribution in [0.4, 0.5) is 5.95 Å². The first kappa shape index (κ1) is 18.6. The average Bonchev–Trinajstić information content (AvgIpc) is 3.12. The predicted molar refractivity (Wildman–Crippen MR) is 108 cm³/mol. The number of piperidine rings is 1. The van der Waals surface area contributed by atoms with Gasteiger partial charge in [0.25, 0.3) is 0 Å². The Labute approximate surface area is 165 Å². The summed E-state index contributed by atoms with van der Waals surface area (Å²) >= 11 is 0. The number of hydrogen-bond acceptors (Lipinski definition) is 7. The maximum Gasteiger partial charge on any atom is 0.225 e. The standard InChI is InChI=1S/C21H26N6O/c1-14-4-5-19(16(3)24-14)20-6-9-22-21(25-20)27-10-7-17(8-11-27)23-13-18-12-15(2)28-26-18/h4-6,9,12,17,23H,7-8,10-11,13H2,1-3H3. The zero-order chi connectivity index (χ0) is 19.5. The van der Waals surface area contributed by atoms with Crippen molar-refractivity contribution in [2.24, 2.45) is 0 Å². The molecule has 0 unspecified atom stereocenters. The highest BCUT2D eigenvalue weighted by atomic mass is 16.5. The third kappa shape index (κ3) is 4.20. The van der Waals surface area contributed by atoms with Gasteiger partial charge in [0, 0.05) is 54.9 Å². The topological polar surface area (TPSA) is 80.0 Å². The monoisotopic (exact) mass is 378 g/mol. The Morgan fingerprint density at radius 2 is 1.93 bits per heavy atom. The van der Waals surface area contributed by atoms with Gasteiger partial charge in [0.15, 0.2) is 0 Å². The van der Waals surface area contributed by atoms with E-state index in [4.69, 9.17) is 9.51 Å². The Bertz CT molecular complexity index is 946. The van der Waals surface area contributed by atoms with E-state index in [1.165, 1.54) is 0 Å². The molecule has 3 aromatic heterocycles. The lowest BCUT2D eigenvalue weighted by Gasteiger charge is -2.32. The molecule has 1 fully saturated rings. The van der Waals surface area contributed by atoms with E-state index >= 15 is 0 Å².